The van der Waals surface area contributed by atoms with Crippen LogP contribution in [0.1, 0.15) is 0 Å². The Balaban J connectivity index is 1.95. The Morgan fingerprint density at radius 3 is 2.71 bits per heavy atom. The van der Waals surface area contributed by atoms with Gasteiger partial charge in [0, 0.05) is 15.1 Å². The third kappa shape index (κ3) is 3.74. The summed E-state index contributed by atoms with van der Waals surface area (Å²) in [6.45, 7) is -0.462. The quantitative estimate of drug-likeness (QED) is 0.677. The summed E-state index contributed by atoms with van der Waals surface area (Å²) >= 11 is 9.22. The Morgan fingerprint density at radius 1 is 1.25 bits per heavy atom. The number of hydrogen-bond acceptors (Lipinski definition) is 5. The number of carboxylic acids is 1. The largest absolute Gasteiger partial charge is 0.481 e. The van der Waals surface area contributed by atoms with E-state index < -0.39 is 12.6 Å². The van der Waals surface area contributed by atoms with Gasteiger partial charge in [-0.1, -0.05) is 32.7 Å². The highest BCUT2D eigenvalue weighted by Crippen LogP contribution is 2.32. The van der Waals surface area contributed by atoms with Crippen molar-refractivity contribution in [1.82, 2.24) is 10.1 Å². The lowest BCUT2D eigenvalue weighted by atomic mass is 10.2. The van der Waals surface area contributed by atoms with E-state index >= 15 is 0 Å². The third-order valence-electron chi connectivity index (χ3n) is 3.05. The molecule has 0 radical (unpaired) electrons. The molecule has 1 heterocycles. The van der Waals surface area contributed by atoms with Crippen LogP contribution < -0.4 is 4.74 Å². The average Bonchev–Trinajstić information content (AvgIpc) is 3.04. The molecule has 122 valence electrons. The molecule has 0 aliphatic carbocycles. The number of nitrogens with zero attached hydrogens (tertiary/aromatic N) is 2. The fourth-order valence-electron chi connectivity index (χ4n) is 1.98. The van der Waals surface area contributed by atoms with Gasteiger partial charge in [-0.05, 0) is 42.5 Å². The molecule has 0 spiro atoms. The predicted molar refractivity (Wildman–Crippen MR) is 91.0 cm³/mol. The van der Waals surface area contributed by atoms with Crippen LogP contribution in [0.25, 0.3) is 22.8 Å². The number of ether oxygens (including phenoxy) is 1. The Kier molecular flexibility index (Phi) is 4.82. The van der Waals surface area contributed by atoms with Crippen LogP contribution >= 0.6 is 27.5 Å². The molecule has 6 nitrogen and oxygen atoms in total. The molecule has 3 aromatic rings. The van der Waals surface area contributed by atoms with E-state index in [2.05, 4.69) is 26.1 Å². The number of carbonyl (C=O) groups is 1. The van der Waals surface area contributed by atoms with Gasteiger partial charge < -0.3 is 14.4 Å². The minimum absolute atomic E-state index is 0.293. The molecule has 1 aromatic heterocycles. The molecule has 8 heteroatoms. The Morgan fingerprint density at radius 2 is 2.00 bits per heavy atom. The molecule has 0 fully saturated rings. The Bertz CT molecular complexity index is 880. The second-order valence-corrected chi connectivity index (χ2v) is 6.11. The maximum atomic E-state index is 10.7. The van der Waals surface area contributed by atoms with Crippen LogP contribution in [0.5, 0.6) is 5.75 Å². The first-order valence-electron chi connectivity index (χ1n) is 6.77. The molecule has 0 saturated carbocycles. The SMILES string of the molecule is O=C(O)COc1ccc(Br)cc1-c1noc(-c2ccc(Cl)cc2)n1. The van der Waals surface area contributed by atoms with E-state index in [1.54, 1.807) is 42.5 Å². The molecule has 0 saturated heterocycles. The van der Waals surface area contributed by atoms with Crippen molar-refractivity contribution in [2.24, 2.45) is 0 Å². The van der Waals surface area contributed by atoms with E-state index in [4.69, 9.17) is 26.0 Å². The standard InChI is InChI=1S/C16H10BrClN2O4/c17-10-3-6-13(23-8-14(21)22)12(7-10)15-19-16(24-20-15)9-1-4-11(18)5-2-9/h1-7H,8H2,(H,21,22). The van der Waals surface area contributed by atoms with Gasteiger partial charge in [0.1, 0.15) is 5.75 Å². The summed E-state index contributed by atoms with van der Waals surface area (Å²) in [5.74, 6) is -0.102. The average molecular weight is 410 g/mol. The van der Waals surface area contributed by atoms with Crippen molar-refractivity contribution in [3.8, 4) is 28.6 Å². The van der Waals surface area contributed by atoms with E-state index in [0.717, 1.165) is 10.0 Å². The van der Waals surface area contributed by atoms with Crippen molar-refractivity contribution in [3.63, 3.8) is 0 Å². The lowest BCUT2D eigenvalue weighted by Crippen LogP contribution is -2.10. The third-order valence-corrected chi connectivity index (χ3v) is 3.80. The van der Waals surface area contributed by atoms with Gasteiger partial charge in [0.05, 0.1) is 5.56 Å². The molecule has 24 heavy (non-hydrogen) atoms. The van der Waals surface area contributed by atoms with E-state index in [0.29, 0.717) is 28.1 Å². The zero-order valence-corrected chi connectivity index (χ0v) is 14.4. The monoisotopic (exact) mass is 408 g/mol. The smallest absolute Gasteiger partial charge is 0.341 e. The molecule has 2 aromatic carbocycles. The van der Waals surface area contributed by atoms with Gasteiger partial charge in [-0.15, -0.1) is 0 Å². The highest BCUT2D eigenvalue weighted by atomic mass is 79.9. The summed E-state index contributed by atoms with van der Waals surface area (Å²) in [6, 6.07) is 12.1. The number of carboxylic acid groups (broad SMARTS) is 1. The minimum atomic E-state index is -1.07. The van der Waals surface area contributed by atoms with Gasteiger partial charge in [0.2, 0.25) is 5.82 Å². The van der Waals surface area contributed by atoms with E-state index in [9.17, 15) is 4.79 Å². The Hall–Kier alpha value is -2.38. The van der Waals surface area contributed by atoms with Crippen LogP contribution in [0.2, 0.25) is 5.02 Å². The molecule has 0 amide bonds. The van der Waals surface area contributed by atoms with Crippen molar-refractivity contribution in [3.05, 3.63) is 52.0 Å². The fourth-order valence-corrected chi connectivity index (χ4v) is 2.47. The number of rotatable bonds is 5. The van der Waals surface area contributed by atoms with E-state index in [-0.39, 0.29) is 0 Å². The molecule has 0 aliphatic heterocycles. The molecule has 3 rings (SSSR count). The first-order valence-corrected chi connectivity index (χ1v) is 7.94. The summed E-state index contributed by atoms with van der Waals surface area (Å²) in [5.41, 5.74) is 1.25. The van der Waals surface area contributed by atoms with Gasteiger partial charge >= 0.3 is 5.97 Å². The summed E-state index contributed by atoms with van der Waals surface area (Å²) in [5, 5.41) is 13.3. The molecular weight excluding hydrogens is 400 g/mol. The molecule has 0 bridgehead atoms. The molecular formula is C16H10BrClN2O4. The maximum Gasteiger partial charge on any atom is 0.341 e. The number of aromatic nitrogens is 2. The van der Waals surface area contributed by atoms with Gasteiger partial charge in [0.25, 0.3) is 5.89 Å². The highest BCUT2D eigenvalue weighted by molar-refractivity contribution is 9.10. The highest BCUT2D eigenvalue weighted by Gasteiger charge is 2.16. The minimum Gasteiger partial charge on any atom is -0.481 e. The van der Waals surface area contributed by atoms with Crippen LogP contribution in [0.4, 0.5) is 0 Å². The van der Waals surface area contributed by atoms with Crippen LogP contribution in [-0.2, 0) is 4.79 Å². The van der Waals surface area contributed by atoms with Gasteiger partial charge in [-0.25, -0.2) is 4.79 Å². The maximum absolute atomic E-state index is 10.7. The zero-order chi connectivity index (χ0) is 17.1. The van der Waals surface area contributed by atoms with Gasteiger partial charge in [-0.2, -0.15) is 4.98 Å². The van der Waals surface area contributed by atoms with Crippen LogP contribution in [-0.4, -0.2) is 27.8 Å². The fraction of sp³-hybridized carbons (Fsp3) is 0.0625. The van der Waals surface area contributed by atoms with E-state index in [1.807, 2.05) is 0 Å². The van der Waals surface area contributed by atoms with Crippen molar-refractivity contribution < 1.29 is 19.2 Å². The van der Waals surface area contributed by atoms with E-state index in [1.165, 1.54) is 0 Å². The zero-order valence-electron chi connectivity index (χ0n) is 12.1. The number of hydrogen-bond donors (Lipinski definition) is 1. The lowest BCUT2D eigenvalue weighted by molar-refractivity contribution is -0.139. The van der Waals surface area contributed by atoms with Crippen LogP contribution in [0.3, 0.4) is 0 Å². The summed E-state index contributed by atoms with van der Waals surface area (Å²) in [6.07, 6.45) is 0. The second kappa shape index (κ2) is 7.02. The van der Waals surface area contributed by atoms with Crippen LogP contribution in [0.15, 0.2) is 51.5 Å². The van der Waals surface area contributed by atoms with Crippen molar-refractivity contribution in [2.45, 2.75) is 0 Å². The molecule has 0 aliphatic rings. The number of aliphatic carboxylic acids is 1. The van der Waals surface area contributed by atoms with Crippen LogP contribution in [0, 0.1) is 0 Å². The summed E-state index contributed by atoms with van der Waals surface area (Å²) < 4.78 is 11.3. The predicted octanol–water partition coefficient (Wildman–Crippen LogP) is 4.28. The second-order valence-electron chi connectivity index (χ2n) is 4.75. The van der Waals surface area contributed by atoms with Gasteiger partial charge in [-0.3, -0.25) is 0 Å². The summed E-state index contributed by atoms with van der Waals surface area (Å²) in [4.78, 5) is 15.0. The Labute approximate surface area is 150 Å². The molecule has 0 unspecified atom stereocenters. The van der Waals surface area contributed by atoms with Gasteiger partial charge in [0.15, 0.2) is 6.61 Å². The normalized spacial score (nSPS) is 10.6. The lowest BCUT2D eigenvalue weighted by Gasteiger charge is -2.07. The van der Waals surface area contributed by atoms with Crippen molar-refractivity contribution in [2.75, 3.05) is 6.61 Å². The van der Waals surface area contributed by atoms with Crippen molar-refractivity contribution >= 4 is 33.5 Å². The van der Waals surface area contributed by atoms with Crippen molar-refractivity contribution in [1.29, 1.82) is 0 Å². The topological polar surface area (TPSA) is 85.5 Å². The first-order chi connectivity index (χ1) is 11.5. The number of halogens is 2. The number of benzene rings is 2. The summed E-state index contributed by atoms with van der Waals surface area (Å²) in [7, 11) is 0. The molecule has 1 N–H and O–H groups in total. The molecule has 0 atom stereocenters. The first kappa shape index (κ1) is 16.5.